The predicted octanol–water partition coefficient (Wildman–Crippen LogP) is 2.49. The van der Waals surface area contributed by atoms with Crippen molar-refractivity contribution in [3.05, 3.63) is 26.0 Å². The largest absolute Gasteiger partial charge is 0.505 e. The minimum atomic E-state index is -1.55. The average Bonchev–Trinajstić information content (AvgIpc) is 2.01. The van der Waals surface area contributed by atoms with Gasteiger partial charge in [-0.2, -0.15) is 0 Å². The van der Waals surface area contributed by atoms with Gasteiger partial charge >= 0.3 is 5.97 Å². The Kier molecular flexibility index (Phi) is 2.97. The van der Waals surface area contributed by atoms with E-state index in [2.05, 4.69) is 0 Å². The molecular formula is C7H3ClFIO3. The molecule has 0 fully saturated rings. The zero-order valence-electron chi connectivity index (χ0n) is 6.01. The molecule has 3 nitrogen and oxygen atoms in total. The standard InChI is InChI=1S/C7H3ClFIO3/c8-2-1-3(10)5(9)4(6(2)11)7(12)13/h1,11H,(H,12,13). The third-order valence-electron chi connectivity index (χ3n) is 1.36. The number of aromatic hydroxyl groups is 1. The molecule has 0 aliphatic heterocycles. The van der Waals surface area contributed by atoms with Crippen LogP contribution in [-0.4, -0.2) is 16.2 Å². The summed E-state index contributed by atoms with van der Waals surface area (Å²) in [7, 11) is 0. The van der Waals surface area contributed by atoms with E-state index in [1.165, 1.54) is 0 Å². The first-order valence-corrected chi connectivity index (χ1v) is 4.50. The fraction of sp³-hybridized carbons (Fsp3) is 0. The van der Waals surface area contributed by atoms with E-state index < -0.39 is 23.1 Å². The third kappa shape index (κ3) is 1.86. The van der Waals surface area contributed by atoms with Crippen LogP contribution in [0.2, 0.25) is 5.02 Å². The van der Waals surface area contributed by atoms with Gasteiger partial charge in [-0.1, -0.05) is 11.6 Å². The van der Waals surface area contributed by atoms with Crippen LogP contribution in [0.4, 0.5) is 4.39 Å². The van der Waals surface area contributed by atoms with Gasteiger partial charge in [-0.25, -0.2) is 9.18 Å². The van der Waals surface area contributed by atoms with Gasteiger partial charge in [0.15, 0.2) is 11.6 Å². The molecule has 0 saturated carbocycles. The summed E-state index contributed by atoms with van der Waals surface area (Å²) >= 11 is 7.04. The van der Waals surface area contributed by atoms with Crippen LogP contribution in [0.5, 0.6) is 5.75 Å². The maximum absolute atomic E-state index is 13.1. The summed E-state index contributed by atoms with van der Waals surface area (Å²) in [6, 6.07) is 1.15. The molecule has 0 radical (unpaired) electrons. The molecular weight excluding hydrogens is 313 g/mol. The van der Waals surface area contributed by atoms with Gasteiger partial charge in [0.05, 0.1) is 8.59 Å². The molecule has 0 aliphatic carbocycles. The summed E-state index contributed by atoms with van der Waals surface area (Å²) < 4.78 is 13.1. The topological polar surface area (TPSA) is 57.5 Å². The van der Waals surface area contributed by atoms with E-state index in [1.807, 2.05) is 0 Å². The van der Waals surface area contributed by atoms with E-state index in [0.717, 1.165) is 6.07 Å². The number of hydrogen-bond acceptors (Lipinski definition) is 2. The zero-order chi connectivity index (χ0) is 10.2. The second kappa shape index (κ2) is 3.67. The Morgan fingerprint density at radius 3 is 2.62 bits per heavy atom. The monoisotopic (exact) mass is 316 g/mol. The molecule has 0 aliphatic rings. The van der Waals surface area contributed by atoms with E-state index in [9.17, 15) is 9.18 Å². The number of carboxylic acid groups (broad SMARTS) is 1. The van der Waals surface area contributed by atoms with Gasteiger partial charge in [0.1, 0.15) is 5.56 Å². The van der Waals surface area contributed by atoms with Crippen molar-refractivity contribution in [2.45, 2.75) is 0 Å². The van der Waals surface area contributed by atoms with Crippen molar-refractivity contribution in [2.75, 3.05) is 0 Å². The van der Waals surface area contributed by atoms with Crippen molar-refractivity contribution in [1.82, 2.24) is 0 Å². The molecule has 0 spiro atoms. The summed E-state index contributed by atoms with van der Waals surface area (Å²) in [4.78, 5) is 10.5. The molecule has 0 saturated heterocycles. The Hall–Kier alpha value is -0.560. The first kappa shape index (κ1) is 10.5. The molecule has 1 aromatic rings. The highest BCUT2D eigenvalue weighted by atomic mass is 127. The van der Waals surface area contributed by atoms with Crippen molar-refractivity contribution in [1.29, 1.82) is 0 Å². The summed E-state index contributed by atoms with van der Waals surface area (Å²) in [5, 5.41) is 17.5. The van der Waals surface area contributed by atoms with Gasteiger partial charge in [-0.05, 0) is 28.7 Å². The van der Waals surface area contributed by atoms with Gasteiger partial charge in [0, 0.05) is 0 Å². The van der Waals surface area contributed by atoms with E-state index in [-0.39, 0.29) is 8.59 Å². The highest BCUT2D eigenvalue weighted by molar-refractivity contribution is 14.1. The number of phenols is 1. The molecule has 0 aromatic heterocycles. The number of hydrogen-bond donors (Lipinski definition) is 2. The van der Waals surface area contributed by atoms with Crippen LogP contribution in [-0.2, 0) is 0 Å². The Morgan fingerprint density at radius 2 is 2.15 bits per heavy atom. The van der Waals surface area contributed by atoms with Crippen LogP contribution in [0, 0.1) is 9.39 Å². The Labute approximate surface area is 91.3 Å². The van der Waals surface area contributed by atoms with Gasteiger partial charge in [0.2, 0.25) is 0 Å². The Bertz CT molecular complexity index is 354. The maximum Gasteiger partial charge on any atom is 0.342 e. The van der Waals surface area contributed by atoms with Crippen molar-refractivity contribution in [3.63, 3.8) is 0 Å². The molecule has 70 valence electrons. The molecule has 0 unspecified atom stereocenters. The van der Waals surface area contributed by atoms with E-state index >= 15 is 0 Å². The van der Waals surface area contributed by atoms with E-state index in [4.69, 9.17) is 21.8 Å². The SMILES string of the molecule is O=C(O)c1c(O)c(Cl)cc(I)c1F. The molecule has 6 heteroatoms. The van der Waals surface area contributed by atoms with Crippen LogP contribution in [0.15, 0.2) is 6.07 Å². The minimum absolute atomic E-state index is 0.0535. The number of rotatable bonds is 1. The van der Waals surface area contributed by atoms with Crippen molar-refractivity contribution in [3.8, 4) is 5.75 Å². The number of benzene rings is 1. The fourth-order valence-corrected chi connectivity index (χ4v) is 1.75. The summed E-state index contributed by atoms with van der Waals surface area (Å²) in [5.74, 6) is -3.27. The lowest BCUT2D eigenvalue weighted by atomic mass is 10.2. The number of aromatic carboxylic acids is 1. The second-order valence-corrected chi connectivity index (χ2v) is 3.75. The highest BCUT2D eigenvalue weighted by Crippen LogP contribution is 2.32. The van der Waals surface area contributed by atoms with Crippen molar-refractivity contribution < 1.29 is 19.4 Å². The minimum Gasteiger partial charge on any atom is -0.505 e. The van der Waals surface area contributed by atoms with Crippen molar-refractivity contribution >= 4 is 40.2 Å². The van der Waals surface area contributed by atoms with Crippen LogP contribution in [0.1, 0.15) is 10.4 Å². The summed E-state index contributed by atoms with van der Waals surface area (Å²) in [6.45, 7) is 0. The highest BCUT2D eigenvalue weighted by Gasteiger charge is 2.21. The maximum atomic E-state index is 13.1. The molecule has 2 N–H and O–H groups in total. The van der Waals surface area contributed by atoms with E-state index in [0.29, 0.717) is 0 Å². The predicted molar refractivity (Wildman–Crippen MR) is 52.8 cm³/mol. The first-order valence-electron chi connectivity index (χ1n) is 3.05. The van der Waals surface area contributed by atoms with Crippen LogP contribution in [0.3, 0.4) is 0 Å². The number of carboxylic acids is 1. The van der Waals surface area contributed by atoms with Gasteiger partial charge in [-0.15, -0.1) is 0 Å². The Balaban J connectivity index is 3.56. The van der Waals surface area contributed by atoms with Crippen LogP contribution in [0.25, 0.3) is 0 Å². The van der Waals surface area contributed by atoms with Gasteiger partial charge in [-0.3, -0.25) is 0 Å². The van der Waals surface area contributed by atoms with Crippen LogP contribution >= 0.6 is 34.2 Å². The Morgan fingerprint density at radius 1 is 1.62 bits per heavy atom. The normalized spacial score (nSPS) is 10.1. The van der Waals surface area contributed by atoms with Gasteiger partial charge < -0.3 is 10.2 Å². The molecule has 13 heavy (non-hydrogen) atoms. The smallest absolute Gasteiger partial charge is 0.342 e. The van der Waals surface area contributed by atoms with Crippen molar-refractivity contribution in [2.24, 2.45) is 0 Å². The molecule has 1 rings (SSSR count). The lowest BCUT2D eigenvalue weighted by molar-refractivity contribution is 0.0688. The summed E-state index contributed by atoms with van der Waals surface area (Å²) in [5.41, 5.74) is -0.795. The molecule has 0 bridgehead atoms. The molecule has 0 amide bonds. The average molecular weight is 316 g/mol. The quantitative estimate of drug-likeness (QED) is 0.618. The summed E-state index contributed by atoms with van der Waals surface area (Å²) in [6.07, 6.45) is 0. The van der Waals surface area contributed by atoms with Crippen LogP contribution < -0.4 is 0 Å². The zero-order valence-corrected chi connectivity index (χ0v) is 8.93. The lowest BCUT2D eigenvalue weighted by Crippen LogP contribution is -2.03. The second-order valence-electron chi connectivity index (χ2n) is 2.18. The first-order chi connectivity index (χ1) is 5.95. The number of carbonyl (C=O) groups is 1. The number of halogens is 3. The van der Waals surface area contributed by atoms with E-state index in [1.54, 1.807) is 22.6 Å². The molecule has 0 heterocycles. The molecule has 1 aromatic carbocycles. The molecule has 0 atom stereocenters. The van der Waals surface area contributed by atoms with Gasteiger partial charge in [0.25, 0.3) is 0 Å². The lowest BCUT2D eigenvalue weighted by Gasteiger charge is -2.04. The third-order valence-corrected chi connectivity index (χ3v) is 2.43. The fourth-order valence-electron chi connectivity index (χ4n) is 0.781.